The van der Waals surface area contributed by atoms with Crippen molar-refractivity contribution in [3.8, 4) is 12.3 Å². The van der Waals surface area contributed by atoms with Crippen molar-refractivity contribution in [3.05, 3.63) is 35.9 Å². The maximum atomic E-state index is 11.9. The summed E-state index contributed by atoms with van der Waals surface area (Å²) in [5.74, 6) is 1.36. The molecule has 5 heteroatoms. The number of carboxylic acid groups (broad SMARTS) is 1. The zero-order chi connectivity index (χ0) is 15.3. The van der Waals surface area contributed by atoms with Crippen LogP contribution in [0.15, 0.2) is 30.3 Å². The maximum absolute atomic E-state index is 11.9. The first-order valence-electron chi connectivity index (χ1n) is 6.74. The Kier molecular flexibility index (Phi) is 4.49. The van der Waals surface area contributed by atoms with E-state index in [-0.39, 0.29) is 19.4 Å². The van der Waals surface area contributed by atoms with Gasteiger partial charge in [0.15, 0.2) is 0 Å². The second-order valence-electron chi connectivity index (χ2n) is 5.06. The molecule has 1 fully saturated rings. The third-order valence-corrected chi connectivity index (χ3v) is 3.77. The minimum absolute atomic E-state index is 0.204. The van der Waals surface area contributed by atoms with E-state index in [0.29, 0.717) is 13.1 Å². The van der Waals surface area contributed by atoms with Gasteiger partial charge in [-0.25, -0.2) is 4.79 Å². The van der Waals surface area contributed by atoms with Crippen molar-refractivity contribution in [2.75, 3.05) is 13.1 Å². The summed E-state index contributed by atoms with van der Waals surface area (Å²) >= 11 is 0. The molecule has 21 heavy (non-hydrogen) atoms. The van der Waals surface area contributed by atoms with Crippen molar-refractivity contribution < 1.29 is 19.4 Å². The lowest BCUT2D eigenvalue weighted by Gasteiger charge is -2.34. The summed E-state index contributed by atoms with van der Waals surface area (Å²) in [7, 11) is 0. The average molecular weight is 287 g/mol. The third-order valence-electron chi connectivity index (χ3n) is 3.77. The van der Waals surface area contributed by atoms with Crippen molar-refractivity contribution >= 4 is 12.1 Å². The molecule has 0 bridgehead atoms. The van der Waals surface area contributed by atoms with Gasteiger partial charge in [-0.3, -0.25) is 4.79 Å². The fourth-order valence-electron chi connectivity index (χ4n) is 2.30. The number of hydrogen-bond acceptors (Lipinski definition) is 3. The van der Waals surface area contributed by atoms with E-state index in [9.17, 15) is 14.7 Å². The molecule has 1 N–H and O–H groups in total. The number of carboxylic acids is 1. The number of terminal acetylenes is 1. The molecule has 0 aliphatic carbocycles. The van der Waals surface area contributed by atoms with E-state index in [1.165, 1.54) is 4.90 Å². The first-order chi connectivity index (χ1) is 10.1. The average Bonchev–Trinajstić information content (AvgIpc) is 2.53. The van der Waals surface area contributed by atoms with Gasteiger partial charge in [-0.15, -0.1) is 6.42 Å². The topological polar surface area (TPSA) is 66.8 Å². The number of ether oxygens (including phenoxy) is 1. The van der Waals surface area contributed by atoms with Crippen molar-refractivity contribution in [1.29, 1.82) is 0 Å². The van der Waals surface area contributed by atoms with Crippen molar-refractivity contribution in [3.63, 3.8) is 0 Å². The summed E-state index contributed by atoms with van der Waals surface area (Å²) in [5.41, 5.74) is -0.248. The molecule has 0 aromatic heterocycles. The van der Waals surface area contributed by atoms with Gasteiger partial charge in [-0.2, -0.15) is 0 Å². The minimum Gasteiger partial charge on any atom is -0.480 e. The SMILES string of the molecule is C#CC1(C(=O)O)CCN(C(=O)OCc2ccccc2)CC1. The van der Waals surface area contributed by atoms with Crippen LogP contribution in [-0.4, -0.2) is 35.2 Å². The van der Waals surface area contributed by atoms with E-state index in [0.717, 1.165) is 5.56 Å². The molecule has 0 atom stereocenters. The van der Waals surface area contributed by atoms with Gasteiger partial charge >= 0.3 is 12.1 Å². The van der Waals surface area contributed by atoms with E-state index in [1.807, 2.05) is 30.3 Å². The zero-order valence-electron chi connectivity index (χ0n) is 11.6. The van der Waals surface area contributed by atoms with Crippen LogP contribution in [0.25, 0.3) is 0 Å². The van der Waals surface area contributed by atoms with Crippen LogP contribution in [0.1, 0.15) is 18.4 Å². The Labute approximate surface area is 123 Å². The molecule has 5 nitrogen and oxygen atoms in total. The van der Waals surface area contributed by atoms with Gasteiger partial charge in [0.25, 0.3) is 0 Å². The number of carbonyl (C=O) groups is 2. The Morgan fingerprint density at radius 3 is 2.43 bits per heavy atom. The number of likely N-dealkylation sites (tertiary alicyclic amines) is 1. The number of aliphatic carboxylic acids is 1. The fraction of sp³-hybridized carbons (Fsp3) is 0.375. The number of rotatable bonds is 3. The Hall–Kier alpha value is -2.48. The predicted octanol–water partition coefficient (Wildman–Crippen LogP) is 2.12. The molecular formula is C16H17NO4. The van der Waals surface area contributed by atoms with Gasteiger partial charge in [0, 0.05) is 13.1 Å². The highest BCUT2D eigenvalue weighted by molar-refractivity contribution is 5.79. The molecule has 110 valence electrons. The molecular weight excluding hydrogens is 270 g/mol. The number of carbonyl (C=O) groups excluding carboxylic acids is 1. The summed E-state index contributed by atoms with van der Waals surface area (Å²) in [6.45, 7) is 0.795. The van der Waals surface area contributed by atoms with Crippen LogP contribution in [0.5, 0.6) is 0 Å². The van der Waals surface area contributed by atoms with E-state index in [4.69, 9.17) is 11.2 Å². The highest BCUT2D eigenvalue weighted by atomic mass is 16.6. The molecule has 0 saturated carbocycles. The Morgan fingerprint density at radius 2 is 1.90 bits per heavy atom. The van der Waals surface area contributed by atoms with Crippen LogP contribution in [0, 0.1) is 17.8 Å². The van der Waals surface area contributed by atoms with Gasteiger partial charge in [-0.05, 0) is 18.4 Å². The Morgan fingerprint density at radius 1 is 1.29 bits per heavy atom. The monoisotopic (exact) mass is 287 g/mol. The van der Waals surface area contributed by atoms with Gasteiger partial charge < -0.3 is 14.7 Å². The van der Waals surface area contributed by atoms with Crippen LogP contribution in [0.4, 0.5) is 4.79 Å². The predicted molar refractivity (Wildman–Crippen MR) is 76.3 cm³/mol. The maximum Gasteiger partial charge on any atom is 0.410 e. The van der Waals surface area contributed by atoms with Gasteiger partial charge in [0.1, 0.15) is 12.0 Å². The van der Waals surface area contributed by atoms with E-state index >= 15 is 0 Å². The van der Waals surface area contributed by atoms with Crippen LogP contribution in [-0.2, 0) is 16.1 Å². The zero-order valence-corrected chi connectivity index (χ0v) is 11.6. The number of benzene rings is 1. The van der Waals surface area contributed by atoms with Crippen molar-refractivity contribution in [1.82, 2.24) is 4.90 Å². The molecule has 1 heterocycles. The second-order valence-corrected chi connectivity index (χ2v) is 5.06. The molecule has 1 amide bonds. The number of nitrogens with zero attached hydrogens (tertiary/aromatic N) is 1. The molecule has 0 unspecified atom stereocenters. The van der Waals surface area contributed by atoms with Gasteiger partial charge in [-0.1, -0.05) is 36.3 Å². The highest BCUT2D eigenvalue weighted by Gasteiger charge is 2.41. The quantitative estimate of drug-likeness (QED) is 0.865. The third kappa shape index (κ3) is 3.34. The normalized spacial score (nSPS) is 16.8. The smallest absolute Gasteiger partial charge is 0.410 e. The number of hydrogen-bond donors (Lipinski definition) is 1. The summed E-state index contributed by atoms with van der Waals surface area (Å²) in [5, 5.41) is 9.19. The van der Waals surface area contributed by atoms with Crippen LogP contribution < -0.4 is 0 Å². The lowest BCUT2D eigenvalue weighted by atomic mass is 9.79. The molecule has 1 saturated heterocycles. The molecule has 1 aliphatic rings. The minimum atomic E-state index is -1.16. The molecule has 0 radical (unpaired) electrons. The highest BCUT2D eigenvalue weighted by Crippen LogP contribution is 2.31. The van der Waals surface area contributed by atoms with E-state index in [1.54, 1.807) is 0 Å². The van der Waals surface area contributed by atoms with Crippen LogP contribution >= 0.6 is 0 Å². The van der Waals surface area contributed by atoms with Crippen LogP contribution in [0.2, 0.25) is 0 Å². The molecule has 2 rings (SSSR count). The van der Waals surface area contributed by atoms with Crippen molar-refractivity contribution in [2.45, 2.75) is 19.4 Å². The summed E-state index contributed by atoms with van der Waals surface area (Å²) in [4.78, 5) is 24.7. The molecule has 1 aromatic rings. The number of piperidine rings is 1. The largest absolute Gasteiger partial charge is 0.480 e. The second kappa shape index (κ2) is 6.31. The standard InChI is InChI=1S/C16H17NO4/c1-2-16(14(18)19)8-10-17(11-9-16)15(20)21-12-13-6-4-3-5-7-13/h1,3-7H,8-12H2,(H,18,19). The van der Waals surface area contributed by atoms with Crippen molar-refractivity contribution in [2.24, 2.45) is 5.41 Å². The fourth-order valence-corrected chi connectivity index (χ4v) is 2.30. The van der Waals surface area contributed by atoms with Gasteiger partial charge in [0.2, 0.25) is 0 Å². The van der Waals surface area contributed by atoms with E-state index in [2.05, 4.69) is 5.92 Å². The number of amides is 1. The first-order valence-corrected chi connectivity index (χ1v) is 6.74. The first kappa shape index (κ1) is 14.9. The lowest BCUT2D eigenvalue weighted by Crippen LogP contribution is -2.46. The summed E-state index contributed by atoms with van der Waals surface area (Å²) in [6, 6.07) is 9.38. The van der Waals surface area contributed by atoms with Gasteiger partial charge in [0.05, 0.1) is 0 Å². The molecule has 1 aromatic carbocycles. The summed E-state index contributed by atoms with van der Waals surface area (Å²) in [6.07, 6.45) is 5.39. The Balaban J connectivity index is 1.86. The molecule has 1 aliphatic heterocycles. The van der Waals surface area contributed by atoms with Crippen LogP contribution in [0.3, 0.4) is 0 Å². The lowest BCUT2D eigenvalue weighted by molar-refractivity contribution is -0.147. The summed E-state index contributed by atoms with van der Waals surface area (Å²) < 4.78 is 5.22. The van der Waals surface area contributed by atoms with E-state index < -0.39 is 17.5 Å². The Bertz CT molecular complexity index is 553. The molecule has 0 spiro atoms.